The number of hydrogen-bond acceptors (Lipinski definition) is 5. The van der Waals surface area contributed by atoms with E-state index in [1.807, 2.05) is 50.8 Å². The number of hydrogen-bond donors (Lipinski definition) is 0. The molecule has 0 N–H and O–H groups in total. The lowest BCUT2D eigenvalue weighted by Gasteiger charge is -2.34. The SMILES string of the molecule is COCCCOc1cc(C)cc(CN(C(=O)C2=C(c3cccc(C)c3)CCN(C(=O)OC(C)(C)C)C2)C2CC2)c1. The summed E-state index contributed by atoms with van der Waals surface area (Å²) in [6, 6.07) is 14.7. The van der Waals surface area contributed by atoms with E-state index in [0.717, 1.165) is 52.8 Å². The quantitative estimate of drug-likeness (QED) is 0.326. The highest BCUT2D eigenvalue weighted by Crippen LogP contribution is 2.35. The smallest absolute Gasteiger partial charge is 0.410 e. The molecule has 4 rings (SSSR count). The van der Waals surface area contributed by atoms with Gasteiger partial charge in [0.15, 0.2) is 0 Å². The van der Waals surface area contributed by atoms with Crippen molar-refractivity contribution in [2.24, 2.45) is 0 Å². The third-order valence-corrected chi connectivity index (χ3v) is 7.09. The first kappa shape index (κ1) is 29.7. The molecule has 7 heteroatoms. The zero-order chi connectivity index (χ0) is 28.9. The van der Waals surface area contributed by atoms with Crippen molar-refractivity contribution in [2.45, 2.75) is 78.5 Å². The lowest BCUT2D eigenvalue weighted by molar-refractivity contribution is -0.128. The number of benzene rings is 2. The summed E-state index contributed by atoms with van der Waals surface area (Å²) in [5.41, 5.74) is 5.42. The van der Waals surface area contributed by atoms with Gasteiger partial charge in [0.05, 0.1) is 13.2 Å². The first-order valence-corrected chi connectivity index (χ1v) is 14.3. The van der Waals surface area contributed by atoms with Crippen LogP contribution in [0.2, 0.25) is 0 Å². The van der Waals surface area contributed by atoms with Crippen molar-refractivity contribution in [1.82, 2.24) is 9.80 Å². The van der Waals surface area contributed by atoms with Gasteiger partial charge >= 0.3 is 6.09 Å². The molecule has 0 aromatic heterocycles. The lowest BCUT2D eigenvalue weighted by Crippen LogP contribution is -2.44. The molecule has 1 aliphatic heterocycles. The number of aryl methyl sites for hydroxylation is 2. The van der Waals surface area contributed by atoms with Crippen molar-refractivity contribution in [3.05, 3.63) is 70.3 Å². The molecule has 40 heavy (non-hydrogen) atoms. The fourth-order valence-corrected chi connectivity index (χ4v) is 5.11. The Morgan fingerprint density at radius 2 is 1.80 bits per heavy atom. The molecule has 1 heterocycles. The third kappa shape index (κ3) is 8.10. The van der Waals surface area contributed by atoms with E-state index in [0.29, 0.717) is 38.3 Å². The maximum Gasteiger partial charge on any atom is 0.410 e. The lowest BCUT2D eigenvalue weighted by atomic mass is 9.91. The molecule has 216 valence electrons. The second kappa shape index (κ2) is 12.9. The van der Waals surface area contributed by atoms with Crippen LogP contribution in [0.15, 0.2) is 48.0 Å². The molecule has 1 saturated carbocycles. The van der Waals surface area contributed by atoms with E-state index in [2.05, 4.69) is 31.2 Å². The largest absolute Gasteiger partial charge is 0.493 e. The molecular weight excluding hydrogens is 504 g/mol. The molecule has 2 aromatic carbocycles. The highest BCUT2D eigenvalue weighted by molar-refractivity contribution is 6.03. The Morgan fingerprint density at radius 3 is 2.48 bits per heavy atom. The number of carbonyl (C=O) groups excluding carboxylic acids is 2. The molecule has 0 bridgehead atoms. The Morgan fingerprint density at radius 1 is 1.02 bits per heavy atom. The van der Waals surface area contributed by atoms with Crippen molar-refractivity contribution in [2.75, 3.05) is 33.4 Å². The van der Waals surface area contributed by atoms with Crippen LogP contribution < -0.4 is 4.74 Å². The van der Waals surface area contributed by atoms with Gasteiger partial charge in [0.2, 0.25) is 0 Å². The Bertz CT molecular complexity index is 1240. The maximum atomic E-state index is 14.4. The van der Waals surface area contributed by atoms with Crippen LogP contribution in [-0.4, -0.2) is 66.9 Å². The monoisotopic (exact) mass is 548 g/mol. The van der Waals surface area contributed by atoms with Gasteiger partial charge < -0.3 is 24.0 Å². The van der Waals surface area contributed by atoms with Gasteiger partial charge in [-0.2, -0.15) is 0 Å². The number of methoxy groups -OCH3 is 1. The van der Waals surface area contributed by atoms with Crippen molar-refractivity contribution >= 4 is 17.6 Å². The molecule has 0 unspecified atom stereocenters. The minimum atomic E-state index is -0.601. The van der Waals surface area contributed by atoms with Crippen LogP contribution in [0.3, 0.4) is 0 Å². The second-order valence-corrected chi connectivity index (χ2v) is 12.0. The number of nitrogens with zero attached hydrogens (tertiary/aromatic N) is 2. The molecule has 0 radical (unpaired) electrons. The van der Waals surface area contributed by atoms with E-state index >= 15 is 0 Å². The number of rotatable bonds is 10. The Labute approximate surface area is 239 Å². The Hall–Kier alpha value is -3.32. The third-order valence-electron chi connectivity index (χ3n) is 7.09. The Balaban J connectivity index is 1.62. The summed E-state index contributed by atoms with van der Waals surface area (Å²) in [5.74, 6) is 0.805. The predicted molar refractivity (Wildman–Crippen MR) is 157 cm³/mol. The summed E-state index contributed by atoms with van der Waals surface area (Å²) in [7, 11) is 1.69. The highest BCUT2D eigenvalue weighted by Gasteiger charge is 2.37. The summed E-state index contributed by atoms with van der Waals surface area (Å²) < 4.78 is 16.8. The van der Waals surface area contributed by atoms with Crippen LogP contribution in [0.4, 0.5) is 4.79 Å². The average Bonchev–Trinajstić information content (AvgIpc) is 3.73. The highest BCUT2D eigenvalue weighted by atomic mass is 16.6. The molecular formula is C33H44N2O5. The fourth-order valence-electron chi connectivity index (χ4n) is 5.11. The van der Waals surface area contributed by atoms with E-state index in [1.165, 1.54) is 0 Å². The van der Waals surface area contributed by atoms with E-state index in [-0.39, 0.29) is 24.6 Å². The average molecular weight is 549 g/mol. The van der Waals surface area contributed by atoms with Crippen LogP contribution in [0.1, 0.15) is 68.7 Å². The standard InChI is InChI=1S/C33H44N2O5/c1-23-9-7-10-26(18-23)29-13-14-34(32(37)40-33(3,4)5)22-30(29)31(36)35(27-11-12-27)21-25-17-24(2)19-28(20-25)39-16-8-15-38-6/h7,9-10,17-20,27H,8,11-16,21-22H2,1-6H3. The molecule has 1 aliphatic carbocycles. The Kier molecular flexibility index (Phi) is 9.56. The number of ether oxygens (including phenoxy) is 3. The van der Waals surface area contributed by atoms with E-state index < -0.39 is 5.60 Å². The summed E-state index contributed by atoms with van der Waals surface area (Å²) in [6.07, 6.45) is 3.01. The zero-order valence-electron chi connectivity index (χ0n) is 24.9. The van der Waals surface area contributed by atoms with Gasteiger partial charge in [0.25, 0.3) is 5.91 Å². The molecule has 2 aliphatic rings. The van der Waals surface area contributed by atoms with Crippen LogP contribution in [-0.2, 0) is 20.8 Å². The zero-order valence-corrected chi connectivity index (χ0v) is 24.9. The molecule has 0 spiro atoms. The van der Waals surface area contributed by atoms with Gasteiger partial charge in [-0.05, 0) is 88.3 Å². The predicted octanol–water partition coefficient (Wildman–Crippen LogP) is 6.30. The summed E-state index contributed by atoms with van der Waals surface area (Å²) in [4.78, 5) is 31.0. The van der Waals surface area contributed by atoms with Gasteiger partial charge in [-0.3, -0.25) is 4.79 Å². The van der Waals surface area contributed by atoms with Crippen molar-refractivity contribution in [3.63, 3.8) is 0 Å². The van der Waals surface area contributed by atoms with Gasteiger partial charge in [-0.15, -0.1) is 0 Å². The minimum Gasteiger partial charge on any atom is -0.493 e. The van der Waals surface area contributed by atoms with E-state index in [9.17, 15) is 9.59 Å². The van der Waals surface area contributed by atoms with Crippen LogP contribution in [0, 0.1) is 13.8 Å². The second-order valence-electron chi connectivity index (χ2n) is 12.0. The normalized spacial score (nSPS) is 15.7. The number of amides is 2. The molecule has 2 amide bonds. The minimum absolute atomic E-state index is 0.00339. The summed E-state index contributed by atoms with van der Waals surface area (Å²) in [5, 5.41) is 0. The topological polar surface area (TPSA) is 68.3 Å². The first-order chi connectivity index (χ1) is 19.0. The van der Waals surface area contributed by atoms with Gasteiger partial charge in [0, 0.05) is 44.8 Å². The first-order valence-electron chi connectivity index (χ1n) is 14.3. The maximum absolute atomic E-state index is 14.4. The van der Waals surface area contributed by atoms with Crippen molar-refractivity contribution < 1.29 is 23.8 Å². The summed E-state index contributed by atoms with van der Waals surface area (Å²) >= 11 is 0. The van der Waals surface area contributed by atoms with E-state index in [4.69, 9.17) is 14.2 Å². The van der Waals surface area contributed by atoms with Gasteiger partial charge in [-0.1, -0.05) is 35.9 Å². The molecule has 2 aromatic rings. The molecule has 1 fully saturated rings. The van der Waals surface area contributed by atoms with Crippen molar-refractivity contribution in [1.29, 1.82) is 0 Å². The van der Waals surface area contributed by atoms with Crippen molar-refractivity contribution in [3.8, 4) is 5.75 Å². The van der Waals surface area contributed by atoms with Gasteiger partial charge in [-0.25, -0.2) is 4.79 Å². The number of carbonyl (C=O) groups is 2. The van der Waals surface area contributed by atoms with Crippen LogP contribution in [0.5, 0.6) is 5.75 Å². The van der Waals surface area contributed by atoms with Crippen LogP contribution >= 0.6 is 0 Å². The fraction of sp³-hybridized carbons (Fsp3) is 0.515. The molecule has 7 nitrogen and oxygen atoms in total. The van der Waals surface area contributed by atoms with Crippen LogP contribution in [0.25, 0.3) is 5.57 Å². The summed E-state index contributed by atoms with van der Waals surface area (Å²) in [6.45, 7) is 12.2. The van der Waals surface area contributed by atoms with E-state index in [1.54, 1.807) is 12.0 Å². The molecule has 0 saturated heterocycles. The molecule has 0 atom stereocenters. The van der Waals surface area contributed by atoms with Gasteiger partial charge in [0.1, 0.15) is 11.4 Å².